The number of rotatable bonds is 0. The van der Waals surface area contributed by atoms with Crippen LogP contribution in [0.15, 0.2) is 36.7 Å². The smallest absolute Gasteiger partial charge is 0.0346 e. The number of terminal acetylenes is 1. The van der Waals surface area contributed by atoms with Crippen LogP contribution in [0.25, 0.3) is 10.8 Å². The Bertz CT molecular complexity index is 416. The van der Waals surface area contributed by atoms with Crippen LogP contribution >= 0.6 is 0 Å². The van der Waals surface area contributed by atoms with E-state index in [0.717, 1.165) is 0 Å². The highest BCUT2D eigenvalue weighted by Crippen LogP contribution is 2.12. The van der Waals surface area contributed by atoms with Gasteiger partial charge in [-0.25, -0.2) is 0 Å². The predicted molar refractivity (Wildman–Crippen MR) is 90.4 cm³/mol. The molecule has 0 spiro atoms. The molecule has 0 unspecified atom stereocenters. The van der Waals surface area contributed by atoms with Crippen LogP contribution in [0.3, 0.4) is 0 Å². The summed E-state index contributed by atoms with van der Waals surface area (Å²) in [5.41, 5.74) is 1.30. The molecule has 0 fully saturated rings. The summed E-state index contributed by atoms with van der Waals surface area (Å²) in [5.74, 6) is 0. The van der Waals surface area contributed by atoms with Gasteiger partial charge in [0.15, 0.2) is 0 Å². The minimum Gasteiger partial charge on any atom is -0.264 e. The number of aryl methyl sites for hydroxylation is 1. The summed E-state index contributed by atoms with van der Waals surface area (Å²) in [4.78, 5) is 4.04. The number of nitrogens with zero attached hydrogens (tertiary/aromatic N) is 1. The molecule has 0 aliphatic rings. The highest BCUT2D eigenvalue weighted by atomic mass is 14.6. The van der Waals surface area contributed by atoms with Crippen molar-refractivity contribution in [3.63, 3.8) is 0 Å². The third kappa shape index (κ3) is 9.85. The van der Waals surface area contributed by atoms with Crippen LogP contribution in [0.4, 0.5) is 0 Å². The van der Waals surface area contributed by atoms with Gasteiger partial charge in [-0.2, -0.15) is 0 Å². The average molecular weight is 259 g/mol. The van der Waals surface area contributed by atoms with Gasteiger partial charge in [-0.15, -0.1) is 12.8 Å². The van der Waals surface area contributed by atoms with Gasteiger partial charge in [-0.05, 0) is 18.4 Å². The van der Waals surface area contributed by atoms with E-state index in [1.807, 2.05) is 60.0 Å². The Kier molecular flexibility index (Phi) is 21.8. The second-order valence-electron chi connectivity index (χ2n) is 2.73. The molecular formula is C18H29N. The van der Waals surface area contributed by atoms with E-state index in [2.05, 4.69) is 43.0 Å². The van der Waals surface area contributed by atoms with E-state index >= 15 is 0 Å². The van der Waals surface area contributed by atoms with Gasteiger partial charge in [0.05, 0.1) is 0 Å². The van der Waals surface area contributed by atoms with Crippen molar-refractivity contribution in [1.29, 1.82) is 0 Å². The third-order valence-corrected chi connectivity index (χ3v) is 1.80. The van der Waals surface area contributed by atoms with Gasteiger partial charge in [0.2, 0.25) is 0 Å². The Hall–Kier alpha value is -1.81. The first-order chi connectivity index (χ1) is 9.36. The molecule has 0 aliphatic carbocycles. The van der Waals surface area contributed by atoms with Crippen molar-refractivity contribution in [3.05, 3.63) is 42.2 Å². The maximum absolute atomic E-state index is 4.04. The minimum absolute atomic E-state index is 1.21. The normalized spacial score (nSPS) is 7.00. The van der Waals surface area contributed by atoms with Crippen LogP contribution in [0.1, 0.15) is 47.1 Å². The highest BCUT2D eigenvalue weighted by Gasteiger charge is 1.90. The molecule has 0 atom stereocenters. The molecule has 1 heterocycles. The highest BCUT2D eigenvalue weighted by molar-refractivity contribution is 5.81. The number of benzene rings is 1. The fraction of sp³-hybridized carbons (Fsp3) is 0.389. The Balaban J connectivity index is -0.000000278. The molecule has 0 aliphatic heterocycles. The molecule has 1 aromatic heterocycles. The molecule has 0 bridgehead atoms. The molecule has 1 heteroatoms. The molecule has 0 saturated heterocycles. The van der Waals surface area contributed by atoms with Gasteiger partial charge >= 0.3 is 0 Å². The number of hydrogen-bond donors (Lipinski definition) is 0. The summed E-state index contributed by atoms with van der Waals surface area (Å²) in [6, 6.07) is 8.39. The monoisotopic (exact) mass is 259 g/mol. The van der Waals surface area contributed by atoms with Crippen molar-refractivity contribution in [3.8, 4) is 12.8 Å². The van der Waals surface area contributed by atoms with E-state index in [0.29, 0.717) is 0 Å². The Morgan fingerprint density at radius 3 is 1.84 bits per heavy atom. The van der Waals surface area contributed by atoms with Crippen molar-refractivity contribution in [1.82, 2.24) is 4.98 Å². The lowest BCUT2D eigenvalue weighted by Crippen LogP contribution is -1.75. The molecule has 0 radical (unpaired) electrons. The van der Waals surface area contributed by atoms with Crippen molar-refractivity contribution in [2.24, 2.45) is 0 Å². The fourth-order valence-electron chi connectivity index (χ4n) is 1.20. The quantitative estimate of drug-likeness (QED) is 0.539. The van der Waals surface area contributed by atoms with Crippen molar-refractivity contribution >= 4 is 10.8 Å². The first kappa shape index (κ1) is 22.4. The molecule has 1 aromatic carbocycles. The van der Waals surface area contributed by atoms with Gasteiger partial charge in [-0.1, -0.05) is 65.3 Å². The standard InChI is InChI=1S/C10H9N.3C2H6.C2H2/c1-8-2-3-10-7-11-5-4-9(10)6-8;4*1-2/h2-7H,1H3;3*1-2H3;1-2H. The zero-order chi connectivity index (χ0) is 15.7. The number of hydrogen-bond acceptors (Lipinski definition) is 1. The van der Waals surface area contributed by atoms with E-state index < -0.39 is 0 Å². The molecule has 1 nitrogen and oxygen atoms in total. The summed E-state index contributed by atoms with van der Waals surface area (Å²) in [6.45, 7) is 14.1. The van der Waals surface area contributed by atoms with E-state index in [1.165, 1.54) is 16.3 Å². The van der Waals surface area contributed by atoms with Gasteiger partial charge in [0.1, 0.15) is 0 Å². The zero-order valence-electron chi connectivity index (χ0n) is 13.6. The Labute approximate surface area is 120 Å². The van der Waals surface area contributed by atoms with Gasteiger partial charge < -0.3 is 0 Å². The van der Waals surface area contributed by atoms with Crippen molar-refractivity contribution in [2.75, 3.05) is 0 Å². The fourth-order valence-corrected chi connectivity index (χ4v) is 1.20. The maximum atomic E-state index is 4.04. The molecule has 106 valence electrons. The van der Waals surface area contributed by atoms with Crippen LogP contribution < -0.4 is 0 Å². The molecule has 0 saturated carbocycles. The lowest BCUT2D eigenvalue weighted by Gasteiger charge is -1.96. The van der Waals surface area contributed by atoms with Gasteiger partial charge in [0, 0.05) is 17.8 Å². The summed E-state index contributed by atoms with van der Waals surface area (Å²) >= 11 is 0. The number of aromatic nitrogens is 1. The van der Waals surface area contributed by atoms with Crippen molar-refractivity contribution < 1.29 is 0 Å². The zero-order valence-corrected chi connectivity index (χ0v) is 13.6. The predicted octanol–water partition coefficient (Wildman–Crippen LogP) is 5.87. The largest absolute Gasteiger partial charge is 0.264 e. The molecule has 0 amide bonds. The second kappa shape index (κ2) is 18.6. The van der Waals surface area contributed by atoms with Gasteiger partial charge in [-0.3, -0.25) is 4.98 Å². The summed E-state index contributed by atoms with van der Waals surface area (Å²) in [7, 11) is 0. The van der Waals surface area contributed by atoms with Crippen LogP contribution in [0.2, 0.25) is 0 Å². The minimum atomic E-state index is 1.21. The first-order valence-electron chi connectivity index (χ1n) is 7.00. The van der Waals surface area contributed by atoms with Gasteiger partial charge in [0.25, 0.3) is 0 Å². The van der Waals surface area contributed by atoms with E-state index in [-0.39, 0.29) is 0 Å². The van der Waals surface area contributed by atoms with Crippen LogP contribution in [-0.2, 0) is 0 Å². The van der Waals surface area contributed by atoms with E-state index in [4.69, 9.17) is 0 Å². The van der Waals surface area contributed by atoms with Crippen LogP contribution in [-0.4, -0.2) is 4.98 Å². The summed E-state index contributed by atoms with van der Waals surface area (Å²) in [5, 5.41) is 2.47. The Morgan fingerprint density at radius 2 is 1.32 bits per heavy atom. The molecule has 19 heavy (non-hydrogen) atoms. The lowest BCUT2D eigenvalue weighted by atomic mass is 10.1. The molecule has 2 rings (SSSR count). The Morgan fingerprint density at radius 1 is 0.789 bits per heavy atom. The van der Waals surface area contributed by atoms with Crippen LogP contribution in [0, 0.1) is 19.8 Å². The lowest BCUT2D eigenvalue weighted by molar-refractivity contribution is 1.36. The molecule has 2 aromatic rings. The first-order valence-corrected chi connectivity index (χ1v) is 7.00. The molecular weight excluding hydrogens is 230 g/mol. The second-order valence-corrected chi connectivity index (χ2v) is 2.73. The van der Waals surface area contributed by atoms with Crippen molar-refractivity contribution in [2.45, 2.75) is 48.5 Å². The average Bonchev–Trinajstić information content (AvgIpc) is 2.55. The number of fused-ring (bicyclic) bond motifs is 1. The summed E-state index contributed by atoms with van der Waals surface area (Å²) in [6.07, 6.45) is 11.7. The topological polar surface area (TPSA) is 12.9 Å². The number of pyridine rings is 1. The summed E-state index contributed by atoms with van der Waals surface area (Å²) < 4.78 is 0. The molecule has 0 N–H and O–H groups in total. The SMILES string of the molecule is C#C.CC.CC.CC.Cc1ccc2cnccc2c1. The third-order valence-electron chi connectivity index (χ3n) is 1.80. The van der Waals surface area contributed by atoms with Crippen LogP contribution in [0.5, 0.6) is 0 Å². The van der Waals surface area contributed by atoms with E-state index in [9.17, 15) is 0 Å². The van der Waals surface area contributed by atoms with E-state index in [1.54, 1.807) is 0 Å². The maximum Gasteiger partial charge on any atom is 0.0346 e.